The third-order valence-corrected chi connectivity index (χ3v) is 3.04. The zero-order valence-corrected chi connectivity index (χ0v) is 9.27. The summed E-state index contributed by atoms with van der Waals surface area (Å²) in [7, 11) is 0. The molecule has 0 aromatic carbocycles. The Morgan fingerprint density at radius 3 is 2.85 bits per heavy atom. The van der Waals surface area contributed by atoms with Crippen molar-refractivity contribution in [2.75, 3.05) is 0 Å². The summed E-state index contributed by atoms with van der Waals surface area (Å²) < 4.78 is 0. The minimum Gasteiger partial charge on any atom is -0.0840 e. The summed E-state index contributed by atoms with van der Waals surface area (Å²) in [6, 6.07) is 0. The van der Waals surface area contributed by atoms with Gasteiger partial charge in [-0.15, -0.1) is 0 Å². The minimum absolute atomic E-state index is 0.810. The molecule has 0 aromatic heterocycles. The molecule has 0 amide bonds. The molecule has 0 heteroatoms. The predicted molar refractivity (Wildman–Crippen MR) is 59.8 cm³/mol. The van der Waals surface area contributed by atoms with Gasteiger partial charge in [0.1, 0.15) is 0 Å². The van der Waals surface area contributed by atoms with Crippen molar-refractivity contribution in [1.82, 2.24) is 0 Å². The van der Waals surface area contributed by atoms with Crippen LogP contribution in [-0.2, 0) is 0 Å². The molecule has 0 aliphatic heterocycles. The number of rotatable bonds is 4. The quantitative estimate of drug-likeness (QED) is 0.595. The maximum absolute atomic E-state index is 2.38. The second kappa shape index (κ2) is 5.26. The largest absolute Gasteiger partial charge is 0.0840 e. The van der Waals surface area contributed by atoms with Crippen molar-refractivity contribution in [3.63, 3.8) is 0 Å². The molecule has 1 atom stereocenters. The Hall–Kier alpha value is -0.520. The highest BCUT2D eigenvalue weighted by molar-refractivity contribution is 5.28. The molecule has 13 heavy (non-hydrogen) atoms. The first kappa shape index (κ1) is 10.6. The van der Waals surface area contributed by atoms with Crippen LogP contribution in [0, 0.1) is 5.92 Å². The van der Waals surface area contributed by atoms with Crippen LogP contribution < -0.4 is 0 Å². The van der Waals surface area contributed by atoms with Crippen LogP contribution in [0.25, 0.3) is 0 Å². The molecule has 0 bridgehead atoms. The Balaban J connectivity index is 2.53. The van der Waals surface area contributed by atoms with Gasteiger partial charge in [-0.1, -0.05) is 50.0 Å². The lowest BCUT2D eigenvalue weighted by atomic mass is 9.86. The van der Waals surface area contributed by atoms with E-state index in [-0.39, 0.29) is 0 Å². The van der Waals surface area contributed by atoms with Crippen LogP contribution >= 0.6 is 0 Å². The first-order valence-electron chi connectivity index (χ1n) is 5.62. The summed E-state index contributed by atoms with van der Waals surface area (Å²) in [5.74, 6) is 0.810. The van der Waals surface area contributed by atoms with Crippen LogP contribution in [0.15, 0.2) is 23.3 Å². The normalized spacial score (nSPS) is 19.3. The van der Waals surface area contributed by atoms with Crippen LogP contribution in [-0.4, -0.2) is 0 Å². The van der Waals surface area contributed by atoms with Gasteiger partial charge < -0.3 is 0 Å². The SMILES string of the molecule is CCCCC(C)C1=C(C)C=CCC1. The fourth-order valence-electron chi connectivity index (χ4n) is 2.12. The maximum Gasteiger partial charge on any atom is -0.0226 e. The highest BCUT2D eigenvalue weighted by Gasteiger charge is 2.11. The molecule has 0 fully saturated rings. The Morgan fingerprint density at radius 2 is 2.23 bits per heavy atom. The van der Waals surface area contributed by atoms with E-state index in [0.29, 0.717) is 0 Å². The molecule has 0 aromatic rings. The van der Waals surface area contributed by atoms with Crippen molar-refractivity contribution in [3.05, 3.63) is 23.3 Å². The lowest BCUT2D eigenvalue weighted by Gasteiger charge is -2.20. The molecule has 0 radical (unpaired) electrons. The maximum atomic E-state index is 2.38. The molecule has 1 aliphatic rings. The van der Waals surface area contributed by atoms with Gasteiger partial charge in [0.2, 0.25) is 0 Å². The van der Waals surface area contributed by atoms with Crippen LogP contribution in [0.5, 0.6) is 0 Å². The molecule has 0 N–H and O–H groups in total. The van der Waals surface area contributed by atoms with E-state index in [1.807, 2.05) is 0 Å². The third kappa shape index (κ3) is 3.02. The predicted octanol–water partition coefficient (Wildman–Crippen LogP) is 4.48. The molecule has 0 spiro atoms. The highest BCUT2D eigenvalue weighted by Crippen LogP contribution is 2.28. The van der Waals surface area contributed by atoms with Gasteiger partial charge in [-0.3, -0.25) is 0 Å². The van der Waals surface area contributed by atoms with E-state index in [0.717, 1.165) is 5.92 Å². The van der Waals surface area contributed by atoms with Crippen molar-refractivity contribution >= 4 is 0 Å². The number of hydrogen-bond acceptors (Lipinski definition) is 0. The lowest BCUT2D eigenvalue weighted by molar-refractivity contribution is 0.549. The Kier molecular flexibility index (Phi) is 4.27. The average molecular weight is 178 g/mol. The summed E-state index contributed by atoms with van der Waals surface area (Å²) >= 11 is 0. The number of allylic oxidation sites excluding steroid dienone is 4. The number of hydrogen-bond donors (Lipinski definition) is 0. The topological polar surface area (TPSA) is 0 Å². The fourth-order valence-corrected chi connectivity index (χ4v) is 2.12. The second-order valence-corrected chi connectivity index (χ2v) is 4.19. The lowest BCUT2D eigenvalue weighted by Crippen LogP contribution is -2.04. The van der Waals surface area contributed by atoms with Gasteiger partial charge in [-0.25, -0.2) is 0 Å². The first-order valence-corrected chi connectivity index (χ1v) is 5.62. The molecule has 1 rings (SSSR count). The fraction of sp³-hybridized carbons (Fsp3) is 0.692. The first-order chi connectivity index (χ1) is 6.25. The van der Waals surface area contributed by atoms with E-state index in [4.69, 9.17) is 0 Å². The zero-order valence-electron chi connectivity index (χ0n) is 9.27. The highest BCUT2D eigenvalue weighted by atomic mass is 14.2. The third-order valence-electron chi connectivity index (χ3n) is 3.04. The van der Waals surface area contributed by atoms with Crippen molar-refractivity contribution in [1.29, 1.82) is 0 Å². The zero-order chi connectivity index (χ0) is 9.68. The van der Waals surface area contributed by atoms with Gasteiger partial charge in [-0.2, -0.15) is 0 Å². The van der Waals surface area contributed by atoms with Gasteiger partial charge in [0, 0.05) is 0 Å². The van der Waals surface area contributed by atoms with E-state index in [2.05, 4.69) is 32.9 Å². The molecule has 0 saturated carbocycles. The summed E-state index contributed by atoms with van der Waals surface area (Å²) in [6.45, 7) is 6.91. The van der Waals surface area contributed by atoms with E-state index >= 15 is 0 Å². The van der Waals surface area contributed by atoms with Gasteiger partial charge in [0.15, 0.2) is 0 Å². The van der Waals surface area contributed by atoms with Crippen molar-refractivity contribution in [2.24, 2.45) is 5.92 Å². The molecular formula is C13H22. The molecule has 0 heterocycles. The standard InChI is InChI=1S/C13H22/c1-4-5-8-11(2)13-10-7-6-9-12(13)3/h6,9,11H,4-5,7-8,10H2,1-3H3. The van der Waals surface area contributed by atoms with Gasteiger partial charge in [0.25, 0.3) is 0 Å². The van der Waals surface area contributed by atoms with E-state index < -0.39 is 0 Å². The van der Waals surface area contributed by atoms with Crippen LogP contribution in [0.3, 0.4) is 0 Å². The van der Waals surface area contributed by atoms with Crippen LogP contribution in [0.4, 0.5) is 0 Å². The smallest absolute Gasteiger partial charge is 0.0226 e. The summed E-state index contributed by atoms with van der Waals surface area (Å²) in [4.78, 5) is 0. The molecule has 0 saturated heterocycles. The van der Waals surface area contributed by atoms with Crippen LogP contribution in [0.1, 0.15) is 52.9 Å². The average Bonchev–Trinajstić information content (AvgIpc) is 2.15. The van der Waals surface area contributed by atoms with E-state index in [9.17, 15) is 0 Å². The molecule has 1 aliphatic carbocycles. The Morgan fingerprint density at radius 1 is 1.46 bits per heavy atom. The summed E-state index contributed by atoms with van der Waals surface area (Å²) in [5, 5.41) is 0. The molecule has 74 valence electrons. The summed E-state index contributed by atoms with van der Waals surface area (Å²) in [5.41, 5.74) is 3.23. The molecular weight excluding hydrogens is 156 g/mol. The summed E-state index contributed by atoms with van der Waals surface area (Å²) in [6.07, 6.45) is 11.2. The van der Waals surface area contributed by atoms with Crippen molar-refractivity contribution < 1.29 is 0 Å². The second-order valence-electron chi connectivity index (χ2n) is 4.19. The minimum atomic E-state index is 0.810. The molecule has 0 nitrogen and oxygen atoms in total. The monoisotopic (exact) mass is 178 g/mol. The van der Waals surface area contributed by atoms with Gasteiger partial charge >= 0.3 is 0 Å². The van der Waals surface area contributed by atoms with Crippen molar-refractivity contribution in [2.45, 2.75) is 52.9 Å². The van der Waals surface area contributed by atoms with Crippen LogP contribution in [0.2, 0.25) is 0 Å². The Labute approximate surface area is 82.7 Å². The van der Waals surface area contributed by atoms with E-state index in [1.54, 1.807) is 5.57 Å². The van der Waals surface area contributed by atoms with Gasteiger partial charge in [0.05, 0.1) is 0 Å². The molecule has 1 unspecified atom stereocenters. The van der Waals surface area contributed by atoms with Gasteiger partial charge in [-0.05, 0) is 32.1 Å². The van der Waals surface area contributed by atoms with E-state index in [1.165, 1.54) is 37.7 Å². The van der Waals surface area contributed by atoms with Crippen molar-refractivity contribution in [3.8, 4) is 0 Å². The Bertz CT molecular complexity index is 208. The number of unbranched alkanes of at least 4 members (excludes halogenated alkanes) is 1.